The first-order chi connectivity index (χ1) is 10.9. The number of ether oxygens (including phenoxy) is 5. The van der Waals surface area contributed by atoms with Crippen molar-refractivity contribution in [2.75, 3.05) is 58.6 Å². The highest BCUT2D eigenvalue weighted by Crippen LogP contribution is 2.29. The Bertz CT molecular complexity index is 400. The molecule has 2 rings (SSSR count). The first-order valence-corrected chi connectivity index (χ1v) is 7.74. The van der Waals surface area contributed by atoms with Gasteiger partial charge in [0.1, 0.15) is 13.2 Å². The lowest BCUT2D eigenvalue weighted by Gasteiger charge is -2.13. The van der Waals surface area contributed by atoms with E-state index in [1.54, 1.807) is 18.2 Å². The van der Waals surface area contributed by atoms with Gasteiger partial charge in [0, 0.05) is 11.8 Å². The third-order valence-electron chi connectivity index (χ3n) is 2.68. The van der Waals surface area contributed by atoms with Crippen molar-refractivity contribution in [3.63, 3.8) is 0 Å². The van der Waals surface area contributed by atoms with Crippen LogP contribution in [0.25, 0.3) is 0 Å². The third kappa shape index (κ3) is 7.49. The maximum atomic E-state index is 5.76. The summed E-state index contributed by atoms with van der Waals surface area (Å²) in [5.74, 6) is 1.29. The van der Waals surface area contributed by atoms with Crippen LogP contribution in [0.2, 0.25) is 0 Å². The van der Waals surface area contributed by atoms with Crippen molar-refractivity contribution in [2.24, 2.45) is 0 Å². The van der Waals surface area contributed by atoms with E-state index in [-0.39, 0.29) is 0 Å². The number of nitrogen functional groups attached to an aromatic ring is 1. The Morgan fingerprint density at radius 2 is 1.14 bits per heavy atom. The summed E-state index contributed by atoms with van der Waals surface area (Å²) in [6, 6.07) is 5.33. The summed E-state index contributed by atoms with van der Waals surface area (Å²) in [4.78, 5) is 0. The first-order valence-electron chi connectivity index (χ1n) is 7.74. The second-order valence-electron chi connectivity index (χ2n) is 4.24. The summed E-state index contributed by atoms with van der Waals surface area (Å²) in [6.45, 7) is 8.11. The predicted octanol–water partition coefficient (Wildman–Crippen LogP) is 2.12. The van der Waals surface area contributed by atoms with Crippen LogP contribution in [0.4, 0.5) is 5.69 Å². The van der Waals surface area contributed by atoms with Crippen LogP contribution in [-0.4, -0.2) is 52.9 Å². The molecule has 0 fully saturated rings. The lowest BCUT2D eigenvalue weighted by atomic mass is 10.3. The molecule has 2 N–H and O–H groups in total. The number of anilines is 1. The van der Waals surface area contributed by atoms with E-state index in [1.165, 1.54) is 0 Å². The summed E-state index contributed by atoms with van der Waals surface area (Å²) in [5, 5.41) is 0. The van der Waals surface area contributed by atoms with E-state index in [9.17, 15) is 0 Å². The van der Waals surface area contributed by atoms with Crippen LogP contribution in [0.3, 0.4) is 0 Å². The van der Waals surface area contributed by atoms with Crippen molar-refractivity contribution in [3.8, 4) is 11.5 Å². The molecule has 1 aromatic carbocycles. The lowest BCUT2D eigenvalue weighted by molar-refractivity contribution is 0.00708. The minimum atomic E-state index is 0.441. The van der Waals surface area contributed by atoms with E-state index in [0.29, 0.717) is 70.0 Å². The lowest BCUT2D eigenvalue weighted by Crippen LogP contribution is -2.13. The molecule has 22 heavy (non-hydrogen) atoms. The van der Waals surface area contributed by atoms with Crippen LogP contribution in [0.5, 0.6) is 11.5 Å². The van der Waals surface area contributed by atoms with Crippen molar-refractivity contribution >= 4 is 5.69 Å². The molecule has 0 aliphatic carbocycles. The van der Waals surface area contributed by atoms with Gasteiger partial charge < -0.3 is 29.4 Å². The van der Waals surface area contributed by atoms with Gasteiger partial charge in [-0.05, 0) is 12.1 Å². The zero-order valence-corrected chi connectivity index (χ0v) is 13.5. The van der Waals surface area contributed by atoms with Gasteiger partial charge in [-0.3, -0.25) is 0 Å². The Hall–Kier alpha value is -1.50. The Morgan fingerprint density at radius 1 is 0.682 bits per heavy atom. The smallest absolute Gasteiger partial charge is 0.163 e. The molecular formula is C16H27NO5. The van der Waals surface area contributed by atoms with E-state index >= 15 is 0 Å². The molecule has 0 saturated carbocycles. The highest BCUT2D eigenvalue weighted by molar-refractivity contribution is 5.51. The van der Waals surface area contributed by atoms with E-state index in [0.717, 1.165) is 0 Å². The normalized spacial score (nSPS) is 17.4. The number of nitrogens with two attached hydrogens (primary N) is 1. The molecule has 0 amide bonds. The predicted molar refractivity (Wildman–Crippen MR) is 85.6 cm³/mol. The third-order valence-corrected chi connectivity index (χ3v) is 2.68. The van der Waals surface area contributed by atoms with Crippen LogP contribution in [0.1, 0.15) is 13.8 Å². The minimum Gasteiger partial charge on any atom is -0.487 e. The van der Waals surface area contributed by atoms with Gasteiger partial charge in [0.15, 0.2) is 11.5 Å². The van der Waals surface area contributed by atoms with E-state index in [4.69, 9.17) is 29.4 Å². The average molecular weight is 313 g/mol. The topological polar surface area (TPSA) is 72.2 Å². The maximum Gasteiger partial charge on any atom is 0.163 e. The minimum absolute atomic E-state index is 0.441. The summed E-state index contributed by atoms with van der Waals surface area (Å²) >= 11 is 0. The molecule has 1 aliphatic heterocycles. The monoisotopic (exact) mass is 313 g/mol. The molecular weight excluding hydrogens is 286 g/mol. The van der Waals surface area contributed by atoms with E-state index in [2.05, 4.69) is 0 Å². The second-order valence-corrected chi connectivity index (χ2v) is 4.24. The molecule has 6 heteroatoms. The van der Waals surface area contributed by atoms with Crippen LogP contribution in [0.15, 0.2) is 18.2 Å². The number of rotatable bonds is 0. The molecule has 126 valence electrons. The van der Waals surface area contributed by atoms with Crippen LogP contribution in [-0.2, 0) is 14.2 Å². The fourth-order valence-corrected chi connectivity index (χ4v) is 1.72. The Balaban J connectivity index is 0.00000116. The van der Waals surface area contributed by atoms with Gasteiger partial charge in [0.2, 0.25) is 0 Å². The van der Waals surface area contributed by atoms with Gasteiger partial charge in [-0.2, -0.15) is 0 Å². The SMILES string of the molecule is CC.Nc1ccc2c(c1)OCCOCCOCCOCCO2. The molecule has 0 spiro atoms. The van der Waals surface area contributed by atoms with Gasteiger partial charge in [-0.1, -0.05) is 13.8 Å². The molecule has 0 bridgehead atoms. The fraction of sp³-hybridized carbons (Fsp3) is 0.625. The Morgan fingerprint density at radius 3 is 1.68 bits per heavy atom. The molecule has 1 aliphatic rings. The highest BCUT2D eigenvalue weighted by atomic mass is 16.6. The quantitative estimate of drug-likeness (QED) is 0.740. The second kappa shape index (κ2) is 12.1. The number of hydrogen-bond acceptors (Lipinski definition) is 6. The first kappa shape index (κ1) is 18.5. The van der Waals surface area contributed by atoms with Crippen molar-refractivity contribution in [2.45, 2.75) is 13.8 Å². The van der Waals surface area contributed by atoms with Gasteiger partial charge in [0.25, 0.3) is 0 Å². The Labute approximate surface area is 132 Å². The van der Waals surface area contributed by atoms with Gasteiger partial charge in [0.05, 0.1) is 39.6 Å². The van der Waals surface area contributed by atoms with Gasteiger partial charge >= 0.3 is 0 Å². The summed E-state index contributed by atoms with van der Waals surface area (Å²) in [7, 11) is 0. The average Bonchev–Trinajstić information content (AvgIpc) is 2.55. The number of benzene rings is 1. The van der Waals surface area contributed by atoms with E-state index in [1.807, 2.05) is 13.8 Å². The fourth-order valence-electron chi connectivity index (χ4n) is 1.72. The van der Waals surface area contributed by atoms with Crippen molar-refractivity contribution in [1.29, 1.82) is 0 Å². The molecule has 1 aromatic rings. The molecule has 0 saturated heterocycles. The summed E-state index contributed by atoms with van der Waals surface area (Å²) in [6.07, 6.45) is 0. The molecule has 0 atom stereocenters. The van der Waals surface area contributed by atoms with Gasteiger partial charge in [-0.15, -0.1) is 0 Å². The van der Waals surface area contributed by atoms with Gasteiger partial charge in [-0.25, -0.2) is 0 Å². The Kier molecular flexibility index (Phi) is 10.2. The zero-order valence-electron chi connectivity index (χ0n) is 13.5. The largest absolute Gasteiger partial charge is 0.487 e. The number of fused-ring (bicyclic) bond motifs is 1. The van der Waals surface area contributed by atoms with Crippen molar-refractivity contribution in [1.82, 2.24) is 0 Å². The van der Waals surface area contributed by atoms with Crippen LogP contribution >= 0.6 is 0 Å². The van der Waals surface area contributed by atoms with Crippen LogP contribution < -0.4 is 15.2 Å². The summed E-state index contributed by atoms with van der Waals surface area (Å²) < 4.78 is 27.4. The van der Waals surface area contributed by atoms with Crippen molar-refractivity contribution < 1.29 is 23.7 Å². The summed E-state index contributed by atoms with van der Waals surface area (Å²) in [5.41, 5.74) is 6.39. The highest BCUT2D eigenvalue weighted by Gasteiger charge is 2.06. The molecule has 0 aromatic heterocycles. The molecule has 0 unspecified atom stereocenters. The number of hydrogen-bond donors (Lipinski definition) is 1. The van der Waals surface area contributed by atoms with E-state index < -0.39 is 0 Å². The van der Waals surface area contributed by atoms with Crippen LogP contribution in [0, 0.1) is 0 Å². The zero-order chi connectivity index (χ0) is 16.0. The molecule has 1 heterocycles. The van der Waals surface area contributed by atoms with Crippen molar-refractivity contribution in [3.05, 3.63) is 18.2 Å². The molecule has 6 nitrogen and oxygen atoms in total. The standard InChI is InChI=1S/C14H21NO5.C2H6/c15-12-1-2-13-14(11-12)20-10-8-18-6-4-16-3-5-17-7-9-19-13;1-2/h1-2,11H,3-10,15H2;1-2H3. The molecule has 0 radical (unpaired) electrons. The maximum absolute atomic E-state index is 5.76.